The molecule has 3 heteroatoms. The molecule has 0 saturated heterocycles. The van der Waals surface area contributed by atoms with Gasteiger partial charge in [0, 0.05) is 18.7 Å². The van der Waals surface area contributed by atoms with Crippen LogP contribution in [0, 0.1) is 17.8 Å². The molecule has 2 N–H and O–H groups in total. The Morgan fingerprint density at radius 2 is 1.88 bits per heavy atom. The van der Waals surface area contributed by atoms with Crippen LogP contribution in [0.2, 0.25) is 0 Å². The molecule has 24 heavy (non-hydrogen) atoms. The molecule has 2 aromatic rings. The number of rotatable bonds is 6. The van der Waals surface area contributed by atoms with Crippen LogP contribution >= 0.6 is 0 Å². The van der Waals surface area contributed by atoms with Gasteiger partial charge in [-0.25, -0.2) is 0 Å². The number of amides is 1. The highest BCUT2D eigenvalue weighted by molar-refractivity contribution is 6.06. The van der Waals surface area contributed by atoms with Crippen molar-refractivity contribution >= 4 is 16.7 Å². The second-order valence-corrected chi connectivity index (χ2v) is 7.03. The first kappa shape index (κ1) is 15.4. The zero-order chi connectivity index (χ0) is 16.4. The van der Waals surface area contributed by atoms with Crippen LogP contribution in [-0.2, 0) is 0 Å². The Hall–Kier alpha value is -2.13. The molecule has 2 aromatic carbocycles. The van der Waals surface area contributed by atoms with E-state index in [1.807, 2.05) is 42.5 Å². The molecule has 3 atom stereocenters. The molecule has 2 bridgehead atoms. The predicted octanol–water partition coefficient (Wildman–Crippen LogP) is 3.37. The quantitative estimate of drug-likeness (QED) is 0.633. The summed E-state index contributed by atoms with van der Waals surface area (Å²) in [6.45, 7) is 2.56. The van der Waals surface area contributed by atoms with Gasteiger partial charge in [-0.3, -0.25) is 4.79 Å². The van der Waals surface area contributed by atoms with Crippen molar-refractivity contribution < 1.29 is 4.79 Å². The van der Waals surface area contributed by atoms with Crippen molar-refractivity contribution in [2.24, 2.45) is 17.8 Å². The first-order valence-corrected chi connectivity index (χ1v) is 8.96. The fraction of sp³-hybridized carbons (Fsp3) is 0.381. The zero-order valence-electron chi connectivity index (χ0n) is 13.9. The Morgan fingerprint density at radius 3 is 2.71 bits per heavy atom. The van der Waals surface area contributed by atoms with Crippen molar-refractivity contribution in [3.05, 3.63) is 60.2 Å². The molecule has 3 unspecified atom stereocenters. The molecule has 0 radical (unpaired) electrons. The number of hydrogen-bond donors (Lipinski definition) is 2. The average molecular weight is 320 g/mol. The number of carbonyl (C=O) groups is 1. The number of carbonyl (C=O) groups excluding carboxylic acids is 1. The van der Waals surface area contributed by atoms with E-state index in [0.717, 1.165) is 47.2 Å². The summed E-state index contributed by atoms with van der Waals surface area (Å²) in [6, 6.07) is 13.9. The van der Waals surface area contributed by atoms with Crippen molar-refractivity contribution in [3.63, 3.8) is 0 Å². The first-order chi connectivity index (χ1) is 11.8. The lowest BCUT2D eigenvalue weighted by atomic mass is 9.94. The van der Waals surface area contributed by atoms with E-state index >= 15 is 0 Å². The summed E-state index contributed by atoms with van der Waals surface area (Å²) in [5.74, 6) is 2.41. The molecule has 4 rings (SSSR count). The standard InChI is InChI=1S/C21H24N2O/c24-21(20-7-3-5-16-4-1-2-6-19(16)20)23-11-10-22-14-18-13-15-8-9-17(18)12-15/h1-9,15,17-18,22H,10-14H2,(H,23,24). The normalized spacial score (nSPS) is 24.6. The highest BCUT2D eigenvalue weighted by atomic mass is 16.1. The van der Waals surface area contributed by atoms with Crippen LogP contribution in [0.5, 0.6) is 0 Å². The second kappa shape index (κ2) is 6.78. The van der Waals surface area contributed by atoms with Gasteiger partial charge < -0.3 is 10.6 Å². The topological polar surface area (TPSA) is 41.1 Å². The Balaban J connectivity index is 1.25. The van der Waals surface area contributed by atoms with E-state index in [2.05, 4.69) is 22.8 Å². The third kappa shape index (κ3) is 3.09. The van der Waals surface area contributed by atoms with Crippen LogP contribution in [0.3, 0.4) is 0 Å². The lowest BCUT2D eigenvalue weighted by Gasteiger charge is -2.18. The predicted molar refractivity (Wildman–Crippen MR) is 98.0 cm³/mol. The Labute approximate surface area is 143 Å². The Bertz CT molecular complexity index is 762. The maximum atomic E-state index is 12.4. The van der Waals surface area contributed by atoms with E-state index in [-0.39, 0.29) is 5.91 Å². The third-order valence-electron chi connectivity index (χ3n) is 5.44. The first-order valence-electron chi connectivity index (χ1n) is 8.96. The van der Waals surface area contributed by atoms with E-state index in [4.69, 9.17) is 0 Å². The van der Waals surface area contributed by atoms with Crippen LogP contribution in [0.15, 0.2) is 54.6 Å². The van der Waals surface area contributed by atoms with Gasteiger partial charge in [0.25, 0.3) is 5.91 Å². The Morgan fingerprint density at radius 1 is 1.00 bits per heavy atom. The number of fused-ring (bicyclic) bond motifs is 3. The molecule has 0 aliphatic heterocycles. The maximum absolute atomic E-state index is 12.4. The van der Waals surface area contributed by atoms with Gasteiger partial charge in [-0.1, -0.05) is 48.6 Å². The average Bonchev–Trinajstić information content (AvgIpc) is 3.24. The molecule has 3 nitrogen and oxygen atoms in total. The van der Waals surface area contributed by atoms with Gasteiger partial charge in [-0.15, -0.1) is 0 Å². The molecule has 0 spiro atoms. The molecule has 1 amide bonds. The summed E-state index contributed by atoms with van der Waals surface area (Å²) >= 11 is 0. The highest BCUT2D eigenvalue weighted by Gasteiger charge is 2.34. The largest absolute Gasteiger partial charge is 0.351 e. The minimum absolute atomic E-state index is 0.0106. The number of allylic oxidation sites excluding steroid dienone is 2. The van der Waals surface area contributed by atoms with E-state index in [1.165, 1.54) is 12.8 Å². The fourth-order valence-corrected chi connectivity index (χ4v) is 4.20. The lowest BCUT2D eigenvalue weighted by molar-refractivity contribution is 0.0955. The molecule has 0 heterocycles. The van der Waals surface area contributed by atoms with Crippen LogP contribution in [0.1, 0.15) is 23.2 Å². The van der Waals surface area contributed by atoms with Crippen LogP contribution in [-0.4, -0.2) is 25.5 Å². The minimum Gasteiger partial charge on any atom is -0.351 e. The number of benzene rings is 2. The van der Waals surface area contributed by atoms with Gasteiger partial charge in [0.05, 0.1) is 0 Å². The monoisotopic (exact) mass is 320 g/mol. The van der Waals surface area contributed by atoms with Gasteiger partial charge in [-0.05, 0) is 54.0 Å². The van der Waals surface area contributed by atoms with Crippen molar-refractivity contribution in [2.45, 2.75) is 12.8 Å². The van der Waals surface area contributed by atoms with Crippen LogP contribution in [0.25, 0.3) is 10.8 Å². The van der Waals surface area contributed by atoms with Gasteiger partial charge in [-0.2, -0.15) is 0 Å². The number of hydrogen-bond acceptors (Lipinski definition) is 2. The molecular formula is C21H24N2O. The summed E-state index contributed by atoms with van der Waals surface area (Å²) in [7, 11) is 0. The zero-order valence-corrected chi connectivity index (χ0v) is 13.9. The third-order valence-corrected chi connectivity index (χ3v) is 5.44. The van der Waals surface area contributed by atoms with Crippen molar-refractivity contribution in [1.82, 2.24) is 10.6 Å². The van der Waals surface area contributed by atoms with E-state index in [1.54, 1.807) is 0 Å². The molecule has 2 aliphatic rings. The summed E-state index contributed by atoms with van der Waals surface area (Å²) in [6.07, 6.45) is 7.45. The molecule has 2 aliphatic carbocycles. The number of nitrogens with one attached hydrogen (secondary N) is 2. The van der Waals surface area contributed by atoms with Crippen molar-refractivity contribution in [2.75, 3.05) is 19.6 Å². The van der Waals surface area contributed by atoms with Crippen molar-refractivity contribution in [1.29, 1.82) is 0 Å². The molecule has 0 aromatic heterocycles. The lowest BCUT2D eigenvalue weighted by Crippen LogP contribution is -2.34. The maximum Gasteiger partial charge on any atom is 0.251 e. The molecule has 124 valence electrons. The van der Waals surface area contributed by atoms with Crippen LogP contribution < -0.4 is 10.6 Å². The van der Waals surface area contributed by atoms with Gasteiger partial charge in [0.2, 0.25) is 0 Å². The summed E-state index contributed by atoms with van der Waals surface area (Å²) < 4.78 is 0. The molecule has 1 saturated carbocycles. The SMILES string of the molecule is O=C(NCCNCC1CC2C=CC1C2)c1cccc2ccccc12. The summed E-state index contributed by atoms with van der Waals surface area (Å²) in [5.41, 5.74) is 0.756. The van der Waals surface area contributed by atoms with Gasteiger partial charge >= 0.3 is 0 Å². The highest BCUT2D eigenvalue weighted by Crippen LogP contribution is 2.42. The summed E-state index contributed by atoms with van der Waals surface area (Å²) in [5, 5.41) is 8.66. The van der Waals surface area contributed by atoms with E-state index < -0.39 is 0 Å². The Kier molecular flexibility index (Phi) is 4.35. The molecule has 1 fully saturated rings. The van der Waals surface area contributed by atoms with Gasteiger partial charge in [0.15, 0.2) is 0 Å². The minimum atomic E-state index is 0.0106. The summed E-state index contributed by atoms with van der Waals surface area (Å²) in [4.78, 5) is 12.4. The van der Waals surface area contributed by atoms with Crippen molar-refractivity contribution in [3.8, 4) is 0 Å². The molecular weight excluding hydrogens is 296 g/mol. The van der Waals surface area contributed by atoms with E-state index in [9.17, 15) is 4.79 Å². The van der Waals surface area contributed by atoms with Gasteiger partial charge in [0.1, 0.15) is 0 Å². The smallest absolute Gasteiger partial charge is 0.251 e. The van der Waals surface area contributed by atoms with Crippen LogP contribution in [0.4, 0.5) is 0 Å². The fourth-order valence-electron chi connectivity index (χ4n) is 4.20. The second-order valence-electron chi connectivity index (χ2n) is 7.03. The van der Waals surface area contributed by atoms with E-state index in [0.29, 0.717) is 6.54 Å².